The molecule has 0 aliphatic heterocycles. The summed E-state index contributed by atoms with van der Waals surface area (Å²) in [6.07, 6.45) is -0.0762. The second kappa shape index (κ2) is 6.87. The zero-order chi connectivity index (χ0) is 13.5. The van der Waals surface area contributed by atoms with Gasteiger partial charge in [0.05, 0.1) is 5.75 Å². The molecule has 1 unspecified atom stereocenters. The summed E-state index contributed by atoms with van der Waals surface area (Å²) in [4.78, 5) is 0. The van der Waals surface area contributed by atoms with Crippen LogP contribution >= 0.6 is 0 Å². The average Bonchev–Trinajstić information content (AvgIpc) is 2.14. The fraction of sp³-hybridized carbons (Fsp3) is 0.800. The van der Waals surface area contributed by atoms with E-state index in [0.29, 0.717) is 6.42 Å². The zero-order valence-corrected chi connectivity index (χ0v) is 10.4. The molecule has 0 bridgehead atoms. The first-order valence-electron chi connectivity index (χ1n) is 5.20. The number of nitrogens with one attached hydrogen (secondary N) is 1. The van der Waals surface area contributed by atoms with Gasteiger partial charge in [0, 0.05) is 18.9 Å². The molecule has 3 nitrogen and oxygen atoms in total. The number of hydrogen-bond acceptors (Lipinski definition) is 2. The molecule has 0 aliphatic carbocycles. The van der Waals surface area contributed by atoms with Crippen LogP contribution in [0.15, 0.2) is 0 Å². The van der Waals surface area contributed by atoms with Crippen LogP contribution in [0, 0.1) is 12.3 Å². The molecule has 1 N–H and O–H groups in total. The van der Waals surface area contributed by atoms with Crippen LogP contribution in [0.3, 0.4) is 0 Å². The van der Waals surface area contributed by atoms with E-state index in [1.54, 1.807) is 6.92 Å². The molecular formula is C10H16F3NO2S. The van der Waals surface area contributed by atoms with Crippen LogP contribution in [0.4, 0.5) is 13.2 Å². The Balaban J connectivity index is 4.17. The highest BCUT2D eigenvalue weighted by atomic mass is 32.2. The molecule has 0 aliphatic rings. The zero-order valence-electron chi connectivity index (χ0n) is 9.55. The summed E-state index contributed by atoms with van der Waals surface area (Å²) in [5, 5.41) is 0. The molecular weight excluding hydrogens is 255 g/mol. The molecule has 0 aromatic rings. The maximum atomic E-state index is 11.8. The molecule has 0 aromatic heterocycles. The van der Waals surface area contributed by atoms with E-state index < -0.39 is 40.8 Å². The number of hydrogen-bond donors (Lipinski definition) is 1. The first kappa shape index (κ1) is 16.3. The Hall–Kier alpha value is -0.740. The minimum absolute atomic E-state index is 0.231. The summed E-state index contributed by atoms with van der Waals surface area (Å²) in [7, 11) is -3.68. The predicted molar refractivity (Wildman–Crippen MR) is 59.7 cm³/mol. The maximum Gasteiger partial charge on any atom is 0.389 e. The number of halogens is 3. The summed E-state index contributed by atoms with van der Waals surface area (Å²) >= 11 is 0. The van der Waals surface area contributed by atoms with Crippen LogP contribution in [0.1, 0.15) is 32.6 Å². The van der Waals surface area contributed by atoms with Crippen molar-refractivity contribution in [1.29, 1.82) is 0 Å². The quantitative estimate of drug-likeness (QED) is 0.720. The molecule has 0 radical (unpaired) electrons. The van der Waals surface area contributed by atoms with E-state index in [1.807, 2.05) is 0 Å². The van der Waals surface area contributed by atoms with Crippen LogP contribution in [0.25, 0.3) is 0 Å². The highest BCUT2D eigenvalue weighted by Crippen LogP contribution is 2.21. The van der Waals surface area contributed by atoms with Gasteiger partial charge in [0.15, 0.2) is 0 Å². The molecule has 0 aromatic carbocycles. The van der Waals surface area contributed by atoms with Crippen molar-refractivity contribution < 1.29 is 21.6 Å². The largest absolute Gasteiger partial charge is 0.389 e. The summed E-state index contributed by atoms with van der Waals surface area (Å²) < 4.78 is 60.6. The summed E-state index contributed by atoms with van der Waals surface area (Å²) in [6, 6.07) is -0.407. The van der Waals surface area contributed by atoms with E-state index in [2.05, 4.69) is 10.6 Å². The standard InChI is InChI=1S/C10H16F3NO2S/c1-3-6-9(4-2)14-17(15,16)8-5-7-10(11,12)13/h1,9,14H,4-8H2,2H3. The third-order valence-corrected chi connectivity index (χ3v) is 3.60. The van der Waals surface area contributed by atoms with Gasteiger partial charge in [0.2, 0.25) is 10.0 Å². The van der Waals surface area contributed by atoms with E-state index in [9.17, 15) is 21.6 Å². The first-order chi connectivity index (χ1) is 7.70. The van der Waals surface area contributed by atoms with E-state index in [4.69, 9.17) is 6.42 Å². The van der Waals surface area contributed by atoms with Gasteiger partial charge in [-0.15, -0.1) is 12.3 Å². The lowest BCUT2D eigenvalue weighted by molar-refractivity contribution is -0.134. The van der Waals surface area contributed by atoms with Crippen molar-refractivity contribution in [3.8, 4) is 12.3 Å². The molecule has 0 heterocycles. The van der Waals surface area contributed by atoms with Crippen LogP contribution in [-0.2, 0) is 10.0 Å². The smallest absolute Gasteiger partial charge is 0.212 e. The molecule has 0 amide bonds. The molecule has 0 saturated heterocycles. The second-order valence-electron chi connectivity index (χ2n) is 3.67. The van der Waals surface area contributed by atoms with Crippen molar-refractivity contribution >= 4 is 10.0 Å². The topological polar surface area (TPSA) is 46.2 Å². The van der Waals surface area contributed by atoms with Crippen molar-refractivity contribution in [2.24, 2.45) is 0 Å². The molecule has 0 rings (SSSR count). The third kappa shape index (κ3) is 9.01. The summed E-state index contributed by atoms with van der Waals surface area (Å²) in [5.74, 6) is 1.78. The fourth-order valence-electron chi connectivity index (χ4n) is 1.19. The van der Waals surface area contributed by atoms with Crippen LogP contribution in [0.5, 0.6) is 0 Å². The lowest BCUT2D eigenvalue weighted by Crippen LogP contribution is -2.36. The second-order valence-corrected chi connectivity index (χ2v) is 5.54. The number of terminal acetylenes is 1. The van der Waals surface area contributed by atoms with E-state index >= 15 is 0 Å². The van der Waals surface area contributed by atoms with Gasteiger partial charge in [-0.3, -0.25) is 0 Å². The fourth-order valence-corrected chi connectivity index (χ4v) is 2.59. The van der Waals surface area contributed by atoms with Gasteiger partial charge in [-0.1, -0.05) is 6.92 Å². The van der Waals surface area contributed by atoms with Crippen molar-refractivity contribution in [2.45, 2.75) is 44.8 Å². The van der Waals surface area contributed by atoms with E-state index in [1.165, 1.54) is 0 Å². The lowest BCUT2D eigenvalue weighted by atomic mass is 10.2. The third-order valence-electron chi connectivity index (χ3n) is 2.08. The molecule has 17 heavy (non-hydrogen) atoms. The Bertz CT molecular complexity index is 357. The van der Waals surface area contributed by atoms with Crippen molar-refractivity contribution in [3.05, 3.63) is 0 Å². The minimum atomic E-state index is -4.32. The van der Waals surface area contributed by atoms with Gasteiger partial charge < -0.3 is 0 Å². The van der Waals surface area contributed by atoms with E-state index in [0.717, 1.165) is 0 Å². The van der Waals surface area contributed by atoms with Gasteiger partial charge >= 0.3 is 6.18 Å². The normalized spacial score (nSPS) is 14.3. The van der Waals surface area contributed by atoms with Gasteiger partial charge in [-0.2, -0.15) is 13.2 Å². The van der Waals surface area contributed by atoms with Gasteiger partial charge in [0.1, 0.15) is 0 Å². The average molecular weight is 271 g/mol. The SMILES string of the molecule is C#CCC(CC)NS(=O)(=O)CCCC(F)(F)F. The number of sulfonamides is 1. The number of rotatable bonds is 7. The van der Waals surface area contributed by atoms with Crippen LogP contribution in [0.2, 0.25) is 0 Å². The van der Waals surface area contributed by atoms with E-state index in [-0.39, 0.29) is 6.42 Å². The molecule has 0 spiro atoms. The monoisotopic (exact) mass is 271 g/mol. The van der Waals surface area contributed by atoms with Crippen molar-refractivity contribution in [3.63, 3.8) is 0 Å². The summed E-state index contributed by atoms with van der Waals surface area (Å²) in [6.45, 7) is 1.75. The predicted octanol–water partition coefficient (Wildman–Crippen LogP) is 2.05. The van der Waals surface area contributed by atoms with Crippen molar-refractivity contribution in [1.82, 2.24) is 4.72 Å². The Morgan fingerprint density at radius 1 is 1.41 bits per heavy atom. The lowest BCUT2D eigenvalue weighted by Gasteiger charge is -2.14. The highest BCUT2D eigenvalue weighted by molar-refractivity contribution is 7.89. The van der Waals surface area contributed by atoms with Crippen LogP contribution < -0.4 is 4.72 Å². The molecule has 100 valence electrons. The van der Waals surface area contributed by atoms with Crippen LogP contribution in [-0.4, -0.2) is 26.4 Å². The Morgan fingerprint density at radius 3 is 2.41 bits per heavy atom. The Kier molecular flexibility index (Phi) is 6.57. The van der Waals surface area contributed by atoms with Crippen molar-refractivity contribution in [2.75, 3.05) is 5.75 Å². The van der Waals surface area contributed by atoms with Gasteiger partial charge in [-0.25, -0.2) is 13.1 Å². The van der Waals surface area contributed by atoms with Gasteiger partial charge in [-0.05, 0) is 12.8 Å². The maximum absolute atomic E-state index is 11.8. The Morgan fingerprint density at radius 2 is 2.00 bits per heavy atom. The minimum Gasteiger partial charge on any atom is -0.212 e. The first-order valence-corrected chi connectivity index (χ1v) is 6.85. The van der Waals surface area contributed by atoms with Gasteiger partial charge in [0.25, 0.3) is 0 Å². The molecule has 0 saturated carbocycles. The summed E-state index contributed by atoms with van der Waals surface area (Å²) in [5.41, 5.74) is 0. The molecule has 1 atom stereocenters. The number of alkyl halides is 3. The highest BCUT2D eigenvalue weighted by Gasteiger charge is 2.27. The Labute approximate surface area is 99.8 Å². The molecule has 7 heteroatoms. The molecule has 0 fully saturated rings.